The molecule has 9 heteroatoms. The van der Waals surface area contributed by atoms with Gasteiger partial charge in [-0.3, -0.25) is 4.79 Å². The molecule has 0 saturated carbocycles. The lowest BCUT2D eigenvalue weighted by Crippen LogP contribution is -2.13. The number of ether oxygens (including phenoxy) is 3. The van der Waals surface area contributed by atoms with Gasteiger partial charge in [-0.1, -0.05) is 23.7 Å². The van der Waals surface area contributed by atoms with Crippen LogP contribution in [0.5, 0.6) is 5.75 Å². The molecule has 0 amide bonds. The number of fused-ring (bicyclic) bond motifs is 1. The number of rotatable bonds is 7. The standard InChI is InChI=1S/C24H23ClF3NO4/c1-31-22(30)7-6-21-23(25)18-11-16(3-5-20(18)29-21)33-12-14-2-4-17(15-8-9-32-13-15)19(10-14)24(26,27)28/h2-5,10-11,15,29H,6-9,12-13H2,1H3. The first-order chi connectivity index (χ1) is 15.8. The molecule has 1 aliphatic rings. The molecule has 4 rings (SSSR count). The summed E-state index contributed by atoms with van der Waals surface area (Å²) in [5, 5.41) is 1.18. The molecule has 33 heavy (non-hydrogen) atoms. The molecule has 1 atom stereocenters. The van der Waals surface area contributed by atoms with Crippen molar-refractivity contribution in [3.63, 3.8) is 0 Å². The Morgan fingerprint density at radius 2 is 2.06 bits per heavy atom. The number of hydrogen-bond donors (Lipinski definition) is 1. The largest absolute Gasteiger partial charge is 0.489 e. The van der Waals surface area contributed by atoms with Gasteiger partial charge < -0.3 is 19.2 Å². The quantitative estimate of drug-likeness (QED) is 0.419. The molecular weight excluding hydrogens is 459 g/mol. The van der Waals surface area contributed by atoms with Gasteiger partial charge in [0.05, 0.1) is 30.7 Å². The van der Waals surface area contributed by atoms with Gasteiger partial charge in [0.1, 0.15) is 12.4 Å². The van der Waals surface area contributed by atoms with Crippen LogP contribution >= 0.6 is 11.6 Å². The molecule has 1 N–H and O–H groups in total. The van der Waals surface area contributed by atoms with Crippen LogP contribution in [0.15, 0.2) is 36.4 Å². The Kier molecular flexibility index (Phi) is 6.86. The molecule has 1 aromatic heterocycles. The highest BCUT2D eigenvalue weighted by Gasteiger charge is 2.36. The summed E-state index contributed by atoms with van der Waals surface area (Å²) in [6.07, 6.45) is -3.28. The first-order valence-electron chi connectivity index (χ1n) is 10.5. The van der Waals surface area contributed by atoms with Gasteiger partial charge in [-0.25, -0.2) is 0 Å². The molecule has 1 aliphatic heterocycles. The van der Waals surface area contributed by atoms with Gasteiger partial charge in [-0.2, -0.15) is 13.2 Å². The fraction of sp³-hybridized carbons (Fsp3) is 0.375. The number of halogens is 4. The Labute approximate surface area is 193 Å². The summed E-state index contributed by atoms with van der Waals surface area (Å²) in [6.45, 7) is 0.757. The fourth-order valence-electron chi connectivity index (χ4n) is 4.03. The smallest absolute Gasteiger partial charge is 0.416 e. The number of aromatic nitrogens is 1. The van der Waals surface area contributed by atoms with Gasteiger partial charge in [0.25, 0.3) is 0 Å². The van der Waals surface area contributed by atoms with E-state index in [4.69, 9.17) is 21.1 Å². The molecule has 1 unspecified atom stereocenters. The van der Waals surface area contributed by atoms with Crippen LogP contribution in [0.4, 0.5) is 13.2 Å². The Morgan fingerprint density at radius 3 is 2.76 bits per heavy atom. The van der Waals surface area contributed by atoms with Crippen LogP contribution in [-0.2, 0) is 33.5 Å². The van der Waals surface area contributed by atoms with Crippen molar-refractivity contribution in [2.75, 3.05) is 20.3 Å². The van der Waals surface area contributed by atoms with Gasteiger partial charge in [-0.05, 0) is 48.2 Å². The lowest BCUT2D eigenvalue weighted by atomic mass is 9.92. The van der Waals surface area contributed by atoms with E-state index in [9.17, 15) is 18.0 Å². The number of carbonyl (C=O) groups is 1. The Morgan fingerprint density at radius 1 is 1.24 bits per heavy atom. The van der Waals surface area contributed by atoms with Gasteiger partial charge in [0.2, 0.25) is 0 Å². The number of aromatic amines is 1. The van der Waals surface area contributed by atoms with E-state index in [0.29, 0.717) is 53.5 Å². The summed E-state index contributed by atoms with van der Waals surface area (Å²) in [5.74, 6) is -0.105. The van der Waals surface area contributed by atoms with Crippen molar-refractivity contribution in [2.45, 2.75) is 38.0 Å². The number of hydrogen-bond acceptors (Lipinski definition) is 4. The highest BCUT2D eigenvalue weighted by Crippen LogP contribution is 2.38. The molecule has 1 saturated heterocycles. The van der Waals surface area contributed by atoms with Crippen LogP contribution in [-0.4, -0.2) is 31.3 Å². The molecule has 0 aliphatic carbocycles. The Hall–Kier alpha value is -2.71. The lowest BCUT2D eigenvalue weighted by Gasteiger charge is -2.18. The second-order valence-electron chi connectivity index (χ2n) is 7.97. The van der Waals surface area contributed by atoms with Crippen molar-refractivity contribution in [1.82, 2.24) is 4.98 Å². The van der Waals surface area contributed by atoms with Crippen LogP contribution in [0, 0.1) is 0 Å². The minimum atomic E-state index is -4.45. The molecule has 176 valence electrons. The van der Waals surface area contributed by atoms with Crippen LogP contribution in [0.3, 0.4) is 0 Å². The zero-order chi connectivity index (χ0) is 23.6. The van der Waals surface area contributed by atoms with Crippen LogP contribution in [0.1, 0.15) is 41.1 Å². The third kappa shape index (κ3) is 5.28. The second-order valence-corrected chi connectivity index (χ2v) is 8.35. The Bertz CT molecular complexity index is 1150. The highest BCUT2D eigenvalue weighted by molar-refractivity contribution is 6.36. The predicted octanol–water partition coefficient (Wildman–Crippen LogP) is 6.03. The maximum atomic E-state index is 13.7. The summed E-state index contributed by atoms with van der Waals surface area (Å²) in [7, 11) is 1.33. The minimum Gasteiger partial charge on any atom is -0.489 e. The molecule has 1 fully saturated rings. The monoisotopic (exact) mass is 481 g/mol. The lowest BCUT2D eigenvalue weighted by molar-refractivity contribution is -0.140. The van der Waals surface area contributed by atoms with Gasteiger partial charge in [-0.15, -0.1) is 0 Å². The van der Waals surface area contributed by atoms with E-state index in [-0.39, 0.29) is 30.5 Å². The molecule has 3 aromatic rings. The third-order valence-electron chi connectivity index (χ3n) is 5.78. The number of alkyl halides is 3. The first kappa shape index (κ1) is 23.4. The van der Waals surface area contributed by atoms with E-state index in [1.165, 1.54) is 13.2 Å². The molecular formula is C24H23ClF3NO4. The van der Waals surface area contributed by atoms with E-state index in [1.807, 2.05) is 0 Å². The summed E-state index contributed by atoms with van der Waals surface area (Å²) >= 11 is 6.45. The molecule has 2 aromatic carbocycles. The summed E-state index contributed by atoms with van der Waals surface area (Å²) in [4.78, 5) is 14.6. The SMILES string of the molecule is COC(=O)CCc1[nH]c2ccc(OCc3ccc(C4CCOC4)c(C(F)(F)F)c3)cc2c1Cl. The number of methoxy groups -OCH3 is 1. The Balaban J connectivity index is 1.51. The van der Waals surface area contributed by atoms with Crippen molar-refractivity contribution in [2.24, 2.45) is 0 Å². The van der Waals surface area contributed by atoms with E-state index in [1.54, 1.807) is 24.3 Å². The van der Waals surface area contributed by atoms with Gasteiger partial charge in [0, 0.05) is 29.1 Å². The average molecular weight is 482 g/mol. The zero-order valence-corrected chi connectivity index (χ0v) is 18.7. The number of H-pyrrole nitrogens is 1. The topological polar surface area (TPSA) is 60.6 Å². The van der Waals surface area contributed by atoms with Crippen molar-refractivity contribution in [1.29, 1.82) is 0 Å². The van der Waals surface area contributed by atoms with Crippen LogP contribution in [0.2, 0.25) is 5.02 Å². The fourth-order valence-corrected chi connectivity index (χ4v) is 4.32. The van der Waals surface area contributed by atoms with Gasteiger partial charge >= 0.3 is 12.1 Å². The number of carbonyl (C=O) groups excluding carboxylic acids is 1. The predicted molar refractivity (Wildman–Crippen MR) is 118 cm³/mol. The number of aryl methyl sites for hydroxylation is 1. The minimum absolute atomic E-state index is 0.0206. The van der Waals surface area contributed by atoms with E-state index in [2.05, 4.69) is 9.72 Å². The third-order valence-corrected chi connectivity index (χ3v) is 6.21. The van der Waals surface area contributed by atoms with E-state index < -0.39 is 11.7 Å². The van der Waals surface area contributed by atoms with Crippen molar-refractivity contribution >= 4 is 28.5 Å². The van der Waals surface area contributed by atoms with Crippen LogP contribution < -0.4 is 4.74 Å². The van der Waals surface area contributed by atoms with Crippen molar-refractivity contribution < 1.29 is 32.2 Å². The summed E-state index contributed by atoms with van der Waals surface area (Å²) < 4.78 is 56.7. The molecule has 2 heterocycles. The molecule has 5 nitrogen and oxygen atoms in total. The number of benzene rings is 2. The van der Waals surface area contributed by atoms with Crippen molar-refractivity contribution in [3.05, 3.63) is 63.8 Å². The van der Waals surface area contributed by atoms with E-state index in [0.717, 1.165) is 11.6 Å². The molecule has 0 bridgehead atoms. The highest BCUT2D eigenvalue weighted by atomic mass is 35.5. The maximum Gasteiger partial charge on any atom is 0.416 e. The zero-order valence-electron chi connectivity index (χ0n) is 17.9. The van der Waals surface area contributed by atoms with E-state index >= 15 is 0 Å². The summed E-state index contributed by atoms with van der Waals surface area (Å²) in [5.41, 5.74) is 1.52. The molecule has 0 spiro atoms. The molecule has 0 radical (unpaired) electrons. The van der Waals surface area contributed by atoms with Crippen molar-refractivity contribution in [3.8, 4) is 5.75 Å². The normalized spacial score (nSPS) is 16.3. The maximum absolute atomic E-state index is 13.7. The summed E-state index contributed by atoms with van der Waals surface area (Å²) in [6, 6.07) is 9.57. The average Bonchev–Trinajstić information content (AvgIpc) is 3.44. The number of nitrogens with one attached hydrogen (secondary N) is 1. The van der Waals surface area contributed by atoms with Crippen LogP contribution in [0.25, 0.3) is 10.9 Å². The van der Waals surface area contributed by atoms with Gasteiger partial charge in [0.15, 0.2) is 0 Å². The second kappa shape index (κ2) is 9.65. The number of esters is 1. The first-order valence-corrected chi connectivity index (χ1v) is 10.9.